The van der Waals surface area contributed by atoms with Crippen molar-refractivity contribution in [1.82, 2.24) is 10.1 Å². The quantitative estimate of drug-likeness (QED) is 0.911. The number of aromatic nitrogens is 2. The van der Waals surface area contributed by atoms with Gasteiger partial charge in [-0.15, -0.1) is 0 Å². The molecule has 0 bridgehead atoms. The molecule has 1 heterocycles. The van der Waals surface area contributed by atoms with E-state index in [0.29, 0.717) is 23.3 Å². The van der Waals surface area contributed by atoms with Crippen LogP contribution in [-0.4, -0.2) is 16.7 Å². The lowest BCUT2D eigenvalue weighted by Crippen LogP contribution is -2.10. The maximum Gasteiger partial charge on any atom is 0.257 e. The molecule has 17 heavy (non-hydrogen) atoms. The molecule has 0 fully saturated rings. The molecule has 1 aromatic carbocycles. The summed E-state index contributed by atoms with van der Waals surface area (Å²) in [7, 11) is 0. The topological polar surface area (TPSA) is 64.9 Å². The molecule has 0 amide bonds. The van der Waals surface area contributed by atoms with Crippen LogP contribution in [0.2, 0.25) is 5.02 Å². The molecule has 4 nitrogen and oxygen atoms in total. The van der Waals surface area contributed by atoms with E-state index < -0.39 is 0 Å². The third kappa shape index (κ3) is 2.48. The second-order valence-electron chi connectivity index (χ2n) is 4.06. The Morgan fingerprint density at radius 3 is 2.88 bits per heavy atom. The minimum Gasteiger partial charge on any atom is -0.334 e. The van der Waals surface area contributed by atoms with Gasteiger partial charge in [-0.25, -0.2) is 0 Å². The molecule has 2 N–H and O–H groups in total. The number of hydrogen-bond donors (Lipinski definition) is 1. The highest BCUT2D eigenvalue weighted by molar-refractivity contribution is 6.31. The zero-order chi connectivity index (χ0) is 12.4. The molecule has 1 unspecified atom stereocenters. The molecular formula is C12H14ClN3O. The molecule has 0 aliphatic rings. The van der Waals surface area contributed by atoms with Gasteiger partial charge in [0.15, 0.2) is 5.82 Å². The standard InChI is InChI=1S/C12H14ClN3O/c1-7-3-4-9(5-10(7)13)12-15-11(16-17-12)8(2)6-14/h3-5,8H,6,14H2,1-2H3. The van der Waals surface area contributed by atoms with Gasteiger partial charge in [-0.05, 0) is 24.6 Å². The summed E-state index contributed by atoms with van der Waals surface area (Å²) in [5.74, 6) is 1.19. The van der Waals surface area contributed by atoms with Crippen molar-refractivity contribution in [3.63, 3.8) is 0 Å². The van der Waals surface area contributed by atoms with Crippen LogP contribution in [0, 0.1) is 6.92 Å². The van der Waals surface area contributed by atoms with Crippen LogP contribution in [0.25, 0.3) is 11.5 Å². The summed E-state index contributed by atoms with van der Waals surface area (Å²) in [5, 5.41) is 4.60. The average molecular weight is 252 g/mol. The second-order valence-corrected chi connectivity index (χ2v) is 4.47. The van der Waals surface area contributed by atoms with Gasteiger partial charge in [0.25, 0.3) is 5.89 Å². The molecule has 2 aromatic rings. The molecule has 0 aliphatic heterocycles. The number of nitrogens with zero attached hydrogens (tertiary/aromatic N) is 2. The Labute approximate surface area is 105 Å². The van der Waals surface area contributed by atoms with Crippen molar-refractivity contribution in [2.75, 3.05) is 6.54 Å². The van der Waals surface area contributed by atoms with E-state index in [-0.39, 0.29) is 5.92 Å². The van der Waals surface area contributed by atoms with E-state index in [1.54, 1.807) is 0 Å². The molecule has 2 rings (SSSR count). The Morgan fingerprint density at radius 1 is 1.47 bits per heavy atom. The molecule has 0 saturated carbocycles. The van der Waals surface area contributed by atoms with Gasteiger partial charge in [0.1, 0.15) is 0 Å². The van der Waals surface area contributed by atoms with Gasteiger partial charge in [0, 0.05) is 23.0 Å². The SMILES string of the molecule is Cc1ccc(-c2nc(C(C)CN)no2)cc1Cl. The highest BCUT2D eigenvalue weighted by atomic mass is 35.5. The number of halogens is 1. The van der Waals surface area contributed by atoms with E-state index in [1.807, 2.05) is 32.0 Å². The first kappa shape index (κ1) is 12.1. The molecule has 0 spiro atoms. The maximum atomic E-state index is 6.05. The van der Waals surface area contributed by atoms with Gasteiger partial charge in [0.05, 0.1) is 0 Å². The Morgan fingerprint density at radius 2 is 2.24 bits per heavy atom. The summed E-state index contributed by atoms with van der Waals surface area (Å²) in [6.45, 7) is 4.40. The van der Waals surface area contributed by atoms with Gasteiger partial charge in [-0.3, -0.25) is 0 Å². The molecule has 0 saturated heterocycles. The lowest BCUT2D eigenvalue weighted by molar-refractivity contribution is 0.418. The van der Waals surface area contributed by atoms with Crippen molar-refractivity contribution in [3.05, 3.63) is 34.6 Å². The Balaban J connectivity index is 2.33. The molecule has 1 aromatic heterocycles. The Kier molecular flexibility index (Phi) is 3.45. The summed E-state index contributed by atoms with van der Waals surface area (Å²) in [5.41, 5.74) is 7.39. The van der Waals surface area contributed by atoms with E-state index in [4.69, 9.17) is 21.9 Å². The molecule has 0 radical (unpaired) electrons. The fourth-order valence-electron chi connectivity index (χ4n) is 1.38. The number of aryl methyl sites for hydroxylation is 1. The van der Waals surface area contributed by atoms with Crippen LogP contribution in [0.3, 0.4) is 0 Å². The van der Waals surface area contributed by atoms with Crippen LogP contribution in [0.4, 0.5) is 0 Å². The molecule has 5 heteroatoms. The Hall–Kier alpha value is -1.39. The normalized spacial score (nSPS) is 12.7. The lowest BCUT2D eigenvalue weighted by Gasteiger charge is -2.00. The fourth-order valence-corrected chi connectivity index (χ4v) is 1.56. The van der Waals surface area contributed by atoms with Crippen molar-refractivity contribution in [3.8, 4) is 11.5 Å². The third-order valence-corrected chi connectivity index (χ3v) is 3.06. The average Bonchev–Trinajstić information content (AvgIpc) is 2.81. The first-order valence-electron chi connectivity index (χ1n) is 5.42. The van der Waals surface area contributed by atoms with Gasteiger partial charge in [0.2, 0.25) is 0 Å². The van der Waals surface area contributed by atoms with Crippen molar-refractivity contribution in [2.24, 2.45) is 5.73 Å². The first-order valence-corrected chi connectivity index (χ1v) is 5.80. The minimum atomic E-state index is 0.0911. The van der Waals surface area contributed by atoms with Crippen molar-refractivity contribution in [1.29, 1.82) is 0 Å². The van der Waals surface area contributed by atoms with Crippen molar-refractivity contribution < 1.29 is 4.52 Å². The van der Waals surface area contributed by atoms with E-state index in [2.05, 4.69) is 10.1 Å². The van der Waals surface area contributed by atoms with Crippen LogP contribution in [0.5, 0.6) is 0 Å². The monoisotopic (exact) mass is 251 g/mol. The zero-order valence-electron chi connectivity index (χ0n) is 9.77. The van der Waals surface area contributed by atoms with Crippen molar-refractivity contribution in [2.45, 2.75) is 19.8 Å². The maximum absolute atomic E-state index is 6.05. The Bertz CT molecular complexity index is 524. The minimum absolute atomic E-state index is 0.0911. The molecule has 0 aliphatic carbocycles. The lowest BCUT2D eigenvalue weighted by atomic mass is 10.1. The molecular weight excluding hydrogens is 238 g/mol. The van der Waals surface area contributed by atoms with Gasteiger partial charge >= 0.3 is 0 Å². The summed E-state index contributed by atoms with van der Waals surface area (Å²) in [6, 6.07) is 5.65. The number of nitrogens with two attached hydrogens (primary N) is 1. The highest BCUT2D eigenvalue weighted by Crippen LogP contribution is 2.24. The summed E-state index contributed by atoms with van der Waals surface area (Å²) in [4.78, 5) is 4.31. The predicted molar refractivity (Wildman–Crippen MR) is 67.0 cm³/mol. The van der Waals surface area contributed by atoms with E-state index in [0.717, 1.165) is 11.1 Å². The summed E-state index contributed by atoms with van der Waals surface area (Å²) >= 11 is 6.05. The summed E-state index contributed by atoms with van der Waals surface area (Å²) < 4.78 is 5.19. The number of benzene rings is 1. The number of rotatable bonds is 3. The van der Waals surface area contributed by atoms with E-state index in [9.17, 15) is 0 Å². The molecule has 1 atom stereocenters. The number of hydrogen-bond acceptors (Lipinski definition) is 4. The largest absolute Gasteiger partial charge is 0.334 e. The molecule has 90 valence electrons. The smallest absolute Gasteiger partial charge is 0.257 e. The second kappa shape index (κ2) is 4.85. The van der Waals surface area contributed by atoms with E-state index >= 15 is 0 Å². The zero-order valence-corrected chi connectivity index (χ0v) is 10.5. The summed E-state index contributed by atoms with van der Waals surface area (Å²) in [6.07, 6.45) is 0. The fraction of sp³-hybridized carbons (Fsp3) is 0.333. The third-order valence-electron chi connectivity index (χ3n) is 2.65. The van der Waals surface area contributed by atoms with E-state index in [1.165, 1.54) is 0 Å². The van der Waals surface area contributed by atoms with Crippen LogP contribution in [0.15, 0.2) is 22.7 Å². The van der Waals surface area contributed by atoms with Crippen molar-refractivity contribution >= 4 is 11.6 Å². The predicted octanol–water partition coefficient (Wildman–Crippen LogP) is 2.76. The van der Waals surface area contributed by atoms with Crippen LogP contribution in [0.1, 0.15) is 24.2 Å². The highest BCUT2D eigenvalue weighted by Gasteiger charge is 2.14. The first-order chi connectivity index (χ1) is 8.11. The van der Waals surface area contributed by atoms with Gasteiger partial charge in [-0.2, -0.15) is 4.98 Å². The van der Waals surface area contributed by atoms with Crippen LogP contribution >= 0.6 is 11.6 Å². The van der Waals surface area contributed by atoms with Crippen LogP contribution < -0.4 is 5.73 Å². The van der Waals surface area contributed by atoms with Gasteiger partial charge < -0.3 is 10.3 Å². The van der Waals surface area contributed by atoms with Crippen LogP contribution in [-0.2, 0) is 0 Å². The van der Waals surface area contributed by atoms with Gasteiger partial charge in [-0.1, -0.05) is 29.7 Å².